The first-order valence-corrected chi connectivity index (χ1v) is 7.43. The number of anilines is 1. The Kier molecular flexibility index (Phi) is 9.03. The molecule has 19 heavy (non-hydrogen) atoms. The van der Waals surface area contributed by atoms with Crippen molar-refractivity contribution in [2.45, 2.75) is 4.90 Å². The van der Waals surface area contributed by atoms with E-state index >= 15 is 0 Å². The maximum absolute atomic E-state index is 6.07. The molecule has 0 radical (unpaired) electrons. The lowest BCUT2D eigenvalue weighted by Crippen LogP contribution is -2.09. The molecule has 0 saturated carbocycles. The van der Waals surface area contributed by atoms with Gasteiger partial charge in [-0.05, 0) is 12.1 Å². The average molecular weight is 306 g/mol. The van der Waals surface area contributed by atoms with Gasteiger partial charge in [-0.15, -0.1) is 11.8 Å². The predicted molar refractivity (Wildman–Crippen MR) is 80.1 cm³/mol. The summed E-state index contributed by atoms with van der Waals surface area (Å²) in [4.78, 5) is 0.920. The number of thioether (sulfide) groups is 1. The molecule has 2 N–H and O–H groups in total. The first-order valence-electron chi connectivity index (χ1n) is 6.07. The molecule has 0 aliphatic rings. The van der Waals surface area contributed by atoms with Crippen LogP contribution in [0, 0.1) is 0 Å². The first-order chi connectivity index (χ1) is 9.25. The zero-order valence-electron chi connectivity index (χ0n) is 11.1. The molecule has 0 aliphatic carbocycles. The van der Waals surface area contributed by atoms with Crippen molar-refractivity contribution in [3.63, 3.8) is 0 Å². The minimum absolute atomic E-state index is 0.586. The van der Waals surface area contributed by atoms with Crippen molar-refractivity contribution in [1.29, 1.82) is 0 Å². The third-order valence-corrected chi connectivity index (χ3v) is 3.82. The molecule has 0 aromatic heterocycles. The van der Waals surface area contributed by atoms with Crippen LogP contribution in [0.5, 0.6) is 0 Å². The van der Waals surface area contributed by atoms with Crippen molar-refractivity contribution in [3.05, 3.63) is 23.2 Å². The van der Waals surface area contributed by atoms with E-state index < -0.39 is 0 Å². The molecule has 0 aliphatic heterocycles. The third kappa shape index (κ3) is 7.03. The van der Waals surface area contributed by atoms with Crippen molar-refractivity contribution in [1.82, 2.24) is 0 Å². The van der Waals surface area contributed by atoms with Crippen molar-refractivity contribution < 1.29 is 14.2 Å². The summed E-state index contributed by atoms with van der Waals surface area (Å²) in [5, 5.41) is 0.688. The highest BCUT2D eigenvalue weighted by molar-refractivity contribution is 7.99. The van der Waals surface area contributed by atoms with Crippen LogP contribution in [0.15, 0.2) is 23.1 Å². The average Bonchev–Trinajstić information content (AvgIpc) is 2.40. The smallest absolute Gasteiger partial charge is 0.0701 e. The fraction of sp³-hybridized carbons (Fsp3) is 0.538. The number of nitrogens with two attached hydrogens (primary N) is 1. The zero-order valence-corrected chi connectivity index (χ0v) is 12.6. The van der Waals surface area contributed by atoms with Gasteiger partial charge in [-0.1, -0.05) is 17.7 Å². The minimum atomic E-state index is 0.586. The Balaban J connectivity index is 2.05. The van der Waals surface area contributed by atoms with Gasteiger partial charge in [0.1, 0.15) is 0 Å². The monoisotopic (exact) mass is 305 g/mol. The predicted octanol–water partition coefficient (Wildman–Crippen LogP) is 2.69. The Labute approximate surface area is 123 Å². The normalized spacial score (nSPS) is 10.8. The van der Waals surface area contributed by atoms with Crippen LogP contribution in [0.3, 0.4) is 0 Å². The van der Waals surface area contributed by atoms with Crippen LogP contribution >= 0.6 is 23.4 Å². The first kappa shape index (κ1) is 16.6. The van der Waals surface area contributed by atoms with Crippen molar-refractivity contribution in [2.75, 3.05) is 51.6 Å². The lowest BCUT2D eigenvalue weighted by molar-refractivity contribution is 0.0286. The summed E-state index contributed by atoms with van der Waals surface area (Å²) in [6.45, 7) is 3.03. The second kappa shape index (κ2) is 10.3. The van der Waals surface area contributed by atoms with Crippen molar-refractivity contribution in [3.8, 4) is 0 Å². The Hall–Kier alpha value is -0.460. The molecule has 0 atom stereocenters. The molecular weight excluding hydrogens is 286 g/mol. The number of rotatable bonds is 10. The topological polar surface area (TPSA) is 53.7 Å². The summed E-state index contributed by atoms with van der Waals surface area (Å²) >= 11 is 7.67. The van der Waals surface area contributed by atoms with E-state index in [2.05, 4.69) is 0 Å². The molecule has 0 fully saturated rings. The van der Waals surface area contributed by atoms with Gasteiger partial charge in [-0.25, -0.2) is 0 Å². The van der Waals surface area contributed by atoms with Crippen molar-refractivity contribution >= 4 is 29.1 Å². The number of hydrogen-bond donors (Lipinski definition) is 1. The van der Waals surface area contributed by atoms with Gasteiger partial charge >= 0.3 is 0 Å². The number of methoxy groups -OCH3 is 1. The Morgan fingerprint density at radius 1 is 1.11 bits per heavy atom. The summed E-state index contributed by atoms with van der Waals surface area (Å²) in [6.07, 6.45) is 0. The van der Waals surface area contributed by atoms with Crippen LogP contribution in [0.2, 0.25) is 5.02 Å². The third-order valence-electron chi connectivity index (χ3n) is 2.28. The highest BCUT2D eigenvalue weighted by Crippen LogP contribution is 2.32. The summed E-state index contributed by atoms with van der Waals surface area (Å²) in [5.41, 5.74) is 6.56. The van der Waals surface area contributed by atoms with E-state index in [9.17, 15) is 0 Å². The standard InChI is InChI=1S/C13H20ClNO3S/c1-16-5-6-17-7-8-18-9-10-19-13-11(14)3-2-4-12(13)15/h2-4H,5-10,15H2,1H3. The molecule has 1 rings (SSSR count). The summed E-state index contributed by atoms with van der Waals surface area (Å²) in [5.74, 6) is 0.812. The highest BCUT2D eigenvalue weighted by atomic mass is 35.5. The van der Waals surface area contributed by atoms with Gasteiger partial charge in [0.25, 0.3) is 0 Å². The Morgan fingerprint density at radius 2 is 1.79 bits per heavy atom. The molecule has 0 amide bonds. The van der Waals surface area contributed by atoms with Gasteiger partial charge in [-0.2, -0.15) is 0 Å². The van der Waals surface area contributed by atoms with Crippen LogP contribution in [0.4, 0.5) is 5.69 Å². The lowest BCUT2D eigenvalue weighted by atomic mass is 10.3. The summed E-state index contributed by atoms with van der Waals surface area (Å²) in [7, 11) is 1.65. The molecular formula is C13H20ClNO3S. The zero-order chi connectivity index (χ0) is 13.9. The molecule has 0 unspecified atom stereocenters. The molecule has 1 aromatic carbocycles. The maximum Gasteiger partial charge on any atom is 0.0701 e. The largest absolute Gasteiger partial charge is 0.398 e. The number of hydrogen-bond acceptors (Lipinski definition) is 5. The van der Waals surface area contributed by atoms with E-state index in [0.717, 1.165) is 10.6 Å². The van der Waals surface area contributed by atoms with Crippen molar-refractivity contribution in [2.24, 2.45) is 0 Å². The number of benzene rings is 1. The molecule has 0 spiro atoms. The van der Waals surface area contributed by atoms with Gasteiger partial charge in [0.05, 0.1) is 38.1 Å². The van der Waals surface area contributed by atoms with E-state index in [-0.39, 0.29) is 0 Å². The van der Waals surface area contributed by atoms with E-state index in [1.165, 1.54) is 0 Å². The second-order valence-electron chi connectivity index (χ2n) is 3.72. The van der Waals surface area contributed by atoms with E-state index in [1.807, 2.05) is 18.2 Å². The lowest BCUT2D eigenvalue weighted by Gasteiger charge is -2.08. The fourth-order valence-electron chi connectivity index (χ4n) is 1.34. The van der Waals surface area contributed by atoms with E-state index in [4.69, 9.17) is 31.5 Å². The molecule has 1 aromatic rings. The van der Waals surface area contributed by atoms with Crippen LogP contribution in [0.25, 0.3) is 0 Å². The van der Waals surface area contributed by atoms with Gasteiger partial charge in [0.2, 0.25) is 0 Å². The molecule has 108 valence electrons. The highest BCUT2D eigenvalue weighted by Gasteiger charge is 2.04. The maximum atomic E-state index is 6.07. The van der Waals surface area contributed by atoms with E-state index in [1.54, 1.807) is 18.9 Å². The summed E-state index contributed by atoms with van der Waals surface area (Å²) < 4.78 is 15.6. The van der Waals surface area contributed by atoms with Crippen LogP contribution in [0.1, 0.15) is 0 Å². The van der Waals surface area contributed by atoms with E-state index in [0.29, 0.717) is 43.7 Å². The molecule has 0 bridgehead atoms. The fourth-order valence-corrected chi connectivity index (χ4v) is 2.54. The Bertz CT molecular complexity index is 345. The van der Waals surface area contributed by atoms with Crippen LogP contribution in [-0.2, 0) is 14.2 Å². The van der Waals surface area contributed by atoms with Crippen LogP contribution in [-0.4, -0.2) is 45.9 Å². The number of ether oxygens (including phenoxy) is 3. The van der Waals surface area contributed by atoms with Gasteiger partial charge in [-0.3, -0.25) is 0 Å². The van der Waals surface area contributed by atoms with Crippen LogP contribution < -0.4 is 5.73 Å². The SMILES string of the molecule is COCCOCCOCCSc1c(N)cccc1Cl. The summed E-state index contributed by atoms with van der Waals surface area (Å²) in [6, 6.07) is 5.53. The second-order valence-corrected chi connectivity index (χ2v) is 5.24. The molecule has 4 nitrogen and oxygen atoms in total. The molecule has 0 saturated heterocycles. The quantitative estimate of drug-likeness (QED) is 0.409. The van der Waals surface area contributed by atoms with Gasteiger partial charge in [0, 0.05) is 23.4 Å². The van der Waals surface area contributed by atoms with Gasteiger partial charge < -0.3 is 19.9 Å². The number of nitrogen functional groups attached to an aromatic ring is 1. The number of halogens is 1. The minimum Gasteiger partial charge on any atom is -0.398 e. The molecule has 0 heterocycles. The molecule has 6 heteroatoms. The Morgan fingerprint density at radius 3 is 2.47 bits per heavy atom. The van der Waals surface area contributed by atoms with Gasteiger partial charge in [0.15, 0.2) is 0 Å².